The van der Waals surface area contributed by atoms with E-state index in [-0.39, 0.29) is 0 Å². The summed E-state index contributed by atoms with van der Waals surface area (Å²) in [7, 11) is 0. The second kappa shape index (κ2) is 4.72. The largest absolute Gasteiger partial charge is 0.411 e. The van der Waals surface area contributed by atoms with Gasteiger partial charge in [0.1, 0.15) is 0 Å². The third kappa shape index (κ3) is 3.03. The minimum Gasteiger partial charge on any atom is -0.411 e. The minimum atomic E-state index is 0.637. The summed E-state index contributed by atoms with van der Waals surface area (Å²) in [5.74, 6) is 0.637. The molecule has 0 aromatic carbocycles. The summed E-state index contributed by atoms with van der Waals surface area (Å²) in [4.78, 5) is 0. The number of allylic oxidation sites excluding steroid dienone is 4. The van der Waals surface area contributed by atoms with Gasteiger partial charge in [-0.3, -0.25) is 0 Å². The van der Waals surface area contributed by atoms with Crippen LogP contribution in [-0.2, 0) is 0 Å². The molecule has 0 heterocycles. The number of hydrogen-bond donors (Lipinski definition) is 1. The molecule has 0 radical (unpaired) electrons. The average molecular weight is 151 g/mol. The van der Waals surface area contributed by atoms with Gasteiger partial charge in [0.15, 0.2) is 0 Å². The summed E-state index contributed by atoms with van der Waals surface area (Å²) in [6.07, 6.45) is 13.1. The highest BCUT2D eigenvalue weighted by atomic mass is 16.4. The van der Waals surface area contributed by atoms with E-state index in [9.17, 15) is 0 Å². The zero-order valence-electron chi connectivity index (χ0n) is 6.48. The lowest BCUT2D eigenvalue weighted by Gasteiger charge is -2.09. The Morgan fingerprint density at radius 1 is 1.55 bits per heavy atom. The van der Waals surface area contributed by atoms with Crippen molar-refractivity contribution in [3.8, 4) is 0 Å². The molecule has 0 aromatic heterocycles. The Bertz CT molecular complexity index is 182. The molecule has 0 amide bonds. The van der Waals surface area contributed by atoms with Crippen LogP contribution in [0.3, 0.4) is 0 Å². The lowest BCUT2D eigenvalue weighted by Crippen LogP contribution is -1.97. The molecule has 0 aromatic rings. The Balaban J connectivity index is 2.17. The molecule has 0 spiro atoms. The van der Waals surface area contributed by atoms with Crippen molar-refractivity contribution in [3.05, 3.63) is 24.3 Å². The Labute approximate surface area is 66.9 Å². The van der Waals surface area contributed by atoms with E-state index in [1.165, 1.54) is 0 Å². The van der Waals surface area contributed by atoms with Gasteiger partial charge >= 0.3 is 0 Å². The van der Waals surface area contributed by atoms with Crippen LogP contribution in [0.15, 0.2) is 29.5 Å². The highest BCUT2D eigenvalue weighted by molar-refractivity contribution is 5.56. The zero-order valence-corrected chi connectivity index (χ0v) is 6.48. The number of nitrogens with zero attached hydrogens (tertiary/aromatic N) is 1. The van der Waals surface area contributed by atoms with Crippen molar-refractivity contribution < 1.29 is 5.21 Å². The van der Waals surface area contributed by atoms with E-state index in [0.717, 1.165) is 19.3 Å². The second-order valence-corrected chi connectivity index (χ2v) is 2.68. The van der Waals surface area contributed by atoms with Crippen LogP contribution in [-0.4, -0.2) is 11.4 Å². The number of hydrogen-bond acceptors (Lipinski definition) is 2. The summed E-state index contributed by atoms with van der Waals surface area (Å²) in [6, 6.07) is 0. The summed E-state index contributed by atoms with van der Waals surface area (Å²) in [5.41, 5.74) is 0. The maximum absolute atomic E-state index is 8.13. The van der Waals surface area contributed by atoms with E-state index < -0.39 is 0 Å². The van der Waals surface area contributed by atoms with Crippen LogP contribution in [0.4, 0.5) is 0 Å². The van der Waals surface area contributed by atoms with Crippen LogP contribution in [0.25, 0.3) is 0 Å². The van der Waals surface area contributed by atoms with Crippen molar-refractivity contribution >= 4 is 6.21 Å². The van der Waals surface area contributed by atoms with Crippen molar-refractivity contribution in [1.82, 2.24) is 0 Å². The number of oxime groups is 1. The van der Waals surface area contributed by atoms with Gasteiger partial charge in [0.25, 0.3) is 0 Å². The van der Waals surface area contributed by atoms with E-state index in [0.29, 0.717) is 5.92 Å². The van der Waals surface area contributed by atoms with Crippen LogP contribution in [0.5, 0.6) is 0 Å². The molecule has 0 bridgehead atoms. The molecule has 1 atom stereocenters. The summed E-state index contributed by atoms with van der Waals surface area (Å²) >= 11 is 0. The molecule has 1 aliphatic rings. The van der Waals surface area contributed by atoms with Crippen LogP contribution in [0.1, 0.15) is 19.3 Å². The smallest absolute Gasteiger partial charge is 0.0436 e. The topological polar surface area (TPSA) is 32.6 Å². The summed E-state index contributed by atoms with van der Waals surface area (Å²) in [5, 5.41) is 11.1. The minimum absolute atomic E-state index is 0.637. The fraction of sp³-hybridized carbons (Fsp3) is 0.444. The molecule has 1 aliphatic carbocycles. The highest BCUT2D eigenvalue weighted by Crippen LogP contribution is 2.16. The van der Waals surface area contributed by atoms with Crippen LogP contribution >= 0.6 is 0 Å². The first-order chi connectivity index (χ1) is 5.43. The molecular formula is C9H13NO. The first-order valence-corrected chi connectivity index (χ1v) is 3.92. The molecule has 11 heavy (non-hydrogen) atoms. The van der Waals surface area contributed by atoms with Gasteiger partial charge < -0.3 is 5.21 Å². The van der Waals surface area contributed by atoms with Crippen molar-refractivity contribution in [2.75, 3.05) is 0 Å². The van der Waals surface area contributed by atoms with Crippen molar-refractivity contribution in [2.45, 2.75) is 19.3 Å². The Morgan fingerprint density at radius 3 is 3.09 bits per heavy atom. The molecule has 0 aliphatic heterocycles. The lowest BCUT2D eigenvalue weighted by molar-refractivity contribution is 0.320. The van der Waals surface area contributed by atoms with Crippen molar-refractivity contribution in [3.63, 3.8) is 0 Å². The van der Waals surface area contributed by atoms with Crippen LogP contribution in [0, 0.1) is 5.92 Å². The highest BCUT2D eigenvalue weighted by Gasteiger charge is 2.02. The van der Waals surface area contributed by atoms with E-state index in [1.54, 1.807) is 6.21 Å². The lowest BCUT2D eigenvalue weighted by atomic mass is 9.96. The van der Waals surface area contributed by atoms with Gasteiger partial charge in [0.2, 0.25) is 0 Å². The molecule has 1 rings (SSSR count). The van der Waals surface area contributed by atoms with Gasteiger partial charge in [0.05, 0.1) is 0 Å². The van der Waals surface area contributed by atoms with Gasteiger partial charge in [-0.15, -0.1) is 5.16 Å². The van der Waals surface area contributed by atoms with Gasteiger partial charge in [-0.25, -0.2) is 0 Å². The van der Waals surface area contributed by atoms with E-state index in [4.69, 9.17) is 5.21 Å². The van der Waals surface area contributed by atoms with Crippen molar-refractivity contribution in [2.24, 2.45) is 11.1 Å². The molecule has 1 unspecified atom stereocenters. The number of rotatable bonds is 3. The molecule has 2 nitrogen and oxygen atoms in total. The van der Waals surface area contributed by atoms with Crippen LogP contribution in [0.2, 0.25) is 0 Å². The molecule has 2 heteroatoms. The average Bonchev–Trinajstić information content (AvgIpc) is 2.07. The predicted molar refractivity (Wildman–Crippen MR) is 45.9 cm³/mol. The molecular weight excluding hydrogens is 138 g/mol. The Hall–Kier alpha value is -1.05. The summed E-state index contributed by atoms with van der Waals surface area (Å²) in [6.45, 7) is 0. The molecule has 60 valence electrons. The van der Waals surface area contributed by atoms with E-state index in [1.807, 2.05) is 0 Å². The van der Waals surface area contributed by atoms with Gasteiger partial charge in [-0.05, 0) is 25.2 Å². The molecule has 0 fully saturated rings. The maximum atomic E-state index is 8.13. The first-order valence-electron chi connectivity index (χ1n) is 3.92. The third-order valence-electron chi connectivity index (χ3n) is 1.82. The second-order valence-electron chi connectivity index (χ2n) is 2.68. The summed E-state index contributed by atoms with van der Waals surface area (Å²) < 4.78 is 0. The Morgan fingerprint density at radius 2 is 2.45 bits per heavy atom. The zero-order chi connectivity index (χ0) is 7.94. The SMILES string of the molecule is O/N=C/CCC1C=CC=CC1. The quantitative estimate of drug-likeness (QED) is 0.375. The van der Waals surface area contributed by atoms with Crippen molar-refractivity contribution in [1.29, 1.82) is 0 Å². The fourth-order valence-corrected chi connectivity index (χ4v) is 1.19. The standard InChI is InChI=1S/C9H13NO/c11-10-8-4-7-9-5-2-1-3-6-9/h1-3,5,8-9,11H,4,6-7H2/b10-8+. The monoisotopic (exact) mass is 151 g/mol. The van der Waals surface area contributed by atoms with Gasteiger partial charge in [0, 0.05) is 6.21 Å². The van der Waals surface area contributed by atoms with E-state index in [2.05, 4.69) is 29.5 Å². The van der Waals surface area contributed by atoms with E-state index >= 15 is 0 Å². The normalized spacial score (nSPS) is 23.1. The van der Waals surface area contributed by atoms with Crippen LogP contribution < -0.4 is 0 Å². The Kier molecular flexibility index (Phi) is 3.45. The van der Waals surface area contributed by atoms with Gasteiger partial charge in [-0.2, -0.15) is 0 Å². The molecule has 0 saturated carbocycles. The maximum Gasteiger partial charge on any atom is 0.0436 e. The predicted octanol–water partition coefficient (Wildman–Crippen LogP) is 2.36. The molecule has 1 N–H and O–H groups in total. The third-order valence-corrected chi connectivity index (χ3v) is 1.82. The van der Waals surface area contributed by atoms with Gasteiger partial charge in [-0.1, -0.05) is 24.3 Å². The first kappa shape index (κ1) is 8.05. The fourth-order valence-electron chi connectivity index (χ4n) is 1.19. The molecule has 0 saturated heterocycles.